The molecule has 0 aliphatic rings. The summed E-state index contributed by atoms with van der Waals surface area (Å²) in [4.78, 5) is 15.6. The molecule has 1 unspecified atom stereocenters. The van der Waals surface area contributed by atoms with Crippen LogP contribution in [-0.4, -0.2) is 30.8 Å². The third-order valence-electron chi connectivity index (χ3n) is 5.12. The van der Waals surface area contributed by atoms with Crippen molar-refractivity contribution >= 4 is 27.9 Å². The predicted octanol–water partition coefficient (Wildman–Crippen LogP) is 5.27. The first-order valence-corrected chi connectivity index (χ1v) is 9.39. The van der Waals surface area contributed by atoms with Crippen LogP contribution in [0.3, 0.4) is 0 Å². The van der Waals surface area contributed by atoms with E-state index >= 15 is 0 Å². The van der Waals surface area contributed by atoms with E-state index in [0.717, 1.165) is 12.1 Å². The number of nitrogens with zero attached hydrogens (tertiary/aromatic N) is 3. The van der Waals surface area contributed by atoms with Crippen LogP contribution in [0.25, 0.3) is 21.9 Å². The lowest BCUT2D eigenvalue weighted by atomic mass is 9.93. The summed E-state index contributed by atoms with van der Waals surface area (Å²) >= 11 is 0. The summed E-state index contributed by atoms with van der Waals surface area (Å²) in [5.41, 5.74) is 1.48. The zero-order valence-electron chi connectivity index (χ0n) is 16.2. The second kappa shape index (κ2) is 7.16. The van der Waals surface area contributed by atoms with Gasteiger partial charge in [0.05, 0.1) is 46.2 Å². The number of aromatic carboxylic acids is 1. The van der Waals surface area contributed by atoms with Gasteiger partial charge >= 0.3 is 12.1 Å². The molecule has 0 aliphatic carbocycles. The molecule has 0 saturated carbocycles. The minimum Gasteiger partial charge on any atom is -0.478 e. The Hall–Kier alpha value is -3.36. The van der Waals surface area contributed by atoms with Gasteiger partial charge in [-0.1, -0.05) is 13.8 Å². The first-order valence-electron chi connectivity index (χ1n) is 9.39. The highest BCUT2D eigenvalue weighted by atomic mass is 19.4. The van der Waals surface area contributed by atoms with Gasteiger partial charge in [-0.2, -0.15) is 18.3 Å². The summed E-state index contributed by atoms with van der Waals surface area (Å²) < 4.78 is 42.4. The number of aromatic nitrogens is 4. The van der Waals surface area contributed by atoms with E-state index in [0.29, 0.717) is 33.9 Å². The Kier molecular flexibility index (Phi) is 4.76. The van der Waals surface area contributed by atoms with E-state index in [2.05, 4.69) is 15.2 Å². The van der Waals surface area contributed by atoms with Crippen LogP contribution in [0.2, 0.25) is 0 Å². The zero-order valence-corrected chi connectivity index (χ0v) is 16.2. The molecule has 0 saturated heterocycles. The van der Waals surface area contributed by atoms with Gasteiger partial charge in [0, 0.05) is 10.9 Å². The fourth-order valence-corrected chi connectivity index (χ4v) is 3.76. The fourth-order valence-electron chi connectivity index (χ4n) is 3.76. The number of benzene rings is 2. The molecule has 156 valence electrons. The number of nitrogens with one attached hydrogen (secondary N) is 1. The summed E-state index contributed by atoms with van der Waals surface area (Å²) in [5.74, 6) is -0.888. The highest BCUT2D eigenvalue weighted by Crippen LogP contribution is 2.38. The van der Waals surface area contributed by atoms with Gasteiger partial charge in [0.1, 0.15) is 0 Å². The molecule has 30 heavy (non-hydrogen) atoms. The number of fused-ring (bicyclic) bond motifs is 2. The molecule has 6 nitrogen and oxygen atoms in total. The number of H-pyrrole nitrogens is 1. The molecular weight excluding hydrogens is 397 g/mol. The molecule has 2 N–H and O–H groups in total. The molecule has 0 radical (unpaired) electrons. The summed E-state index contributed by atoms with van der Waals surface area (Å²) in [5, 5.41) is 16.4. The molecule has 0 spiro atoms. The zero-order chi connectivity index (χ0) is 21.6. The second-order valence-electron chi connectivity index (χ2n) is 7.70. The molecule has 2 aromatic heterocycles. The lowest BCUT2D eigenvalue weighted by Gasteiger charge is -2.24. The van der Waals surface area contributed by atoms with Crippen molar-refractivity contribution in [3.05, 3.63) is 59.5 Å². The number of halogens is 3. The number of carboxylic acids is 1. The maximum absolute atomic E-state index is 13.5. The number of rotatable bonds is 5. The SMILES string of the molecule is CC(C)CC(c1cc(C(F)(F)F)cc2cn[nH]c12)n1cnc2cc(C(=O)O)ccc21. The molecule has 9 heteroatoms. The lowest BCUT2D eigenvalue weighted by molar-refractivity contribution is -0.137. The van der Waals surface area contributed by atoms with E-state index in [4.69, 9.17) is 0 Å². The maximum Gasteiger partial charge on any atom is 0.416 e. The molecule has 0 amide bonds. The Morgan fingerprint density at radius 3 is 2.67 bits per heavy atom. The van der Waals surface area contributed by atoms with Crippen LogP contribution in [-0.2, 0) is 6.18 Å². The van der Waals surface area contributed by atoms with Crippen molar-refractivity contribution in [1.82, 2.24) is 19.7 Å². The Bertz CT molecular complexity index is 1240. The Balaban J connectivity index is 1.94. The normalized spacial score (nSPS) is 13.4. The molecular formula is C21H19F3N4O2. The summed E-state index contributed by atoms with van der Waals surface area (Å²) in [6.45, 7) is 3.98. The molecule has 0 bridgehead atoms. The standard InChI is InChI=1S/C21H19F3N4O2/c1-11(2)5-18(28-10-25-16-7-12(20(29)30)3-4-17(16)28)15-8-14(21(22,23)24)6-13-9-26-27-19(13)15/h3-4,6-11,18H,5H2,1-2H3,(H,26,27)(H,29,30). The van der Waals surface area contributed by atoms with Crippen LogP contribution in [0.5, 0.6) is 0 Å². The number of imidazole rings is 1. The van der Waals surface area contributed by atoms with Gasteiger partial charge in [-0.3, -0.25) is 5.10 Å². The average molecular weight is 416 g/mol. The van der Waals surface area contributed by atoms with E-state index in [1.807, 2.05) is 13.8 Å². The van der Waals surface area contributed by atoms with Gasteiger partial charge in [0.2, 0.25) is 0 Å². The van der Waals surface area contributed by atoms with Crippen LogP contribution in [0.1, 0.15) is 47.8 Å². The topological polar surface area (TPSA) is 83.8 Å². The molecule has 2 aromatic carbocycles. The fraction of sp³-hybridized carbons (Fsp3) is 0.286. The smallest absolute Gasteiger partial charge is 0.416 e. The minimum absolute atomic E-state index is 0.100. The van der Waals surface area contributed by atoms with E-state index in [-0.39, 0.29) is 11.5 Å². The number of hydrogen-bond donors (Lipinski definition) is 2. The molecule has 4 rings (SSSR count). The van der Waals surface area contributed by atoms with Crippen molar-refractivity contribution in [2.75, 3.05) is 0 Å². The monoisotopic (exact) mass is 416 g/mol. The summed E-state index contributed by atoms with van der Waals surface area (Å²) in [7, 11) is 0. The molecule has 0 fully saturated rings. The number of carboxylic acid groups (broad SMARTS) is 1. The Morgan fingerprint density at radius 2 is 2.00 bits per heavy atom. The largest absolute Gasteiger partial charge is 0.478 e. The first-order chi connectivity index (χ1) is 14.1. The van der Waals surface area contributed by atoms with Crippen molar-refractivity contribution in [2.45, 2.75) is 32.5 Å². The van der Waals surface area contributed by atoms with Gasteiger partial charge in [0.15, 0.2) is 0 Å². The number of carbonyl (C=O) groups is 1. The molecule has 1 atom stereocenters. The summed E-state index contributed by atoms with van der Waals surface area (Å²) in [6, 6.07) is 6.35. The van der Waals surface area contributed by atoms with Gasteiger partial charge in [0.25, 0.3) is 0 Å². The number of alkyl halides is 3. The predicted molar refractivity (Wildman–Crippen MR) is 105 cm³/mol. The van der Waals surface area contributed by atoms with Crippen LogP contribution in [0, 0.1) is 5.92 Å². The quantitative estimate of drug-likeness (QED) is 0.465. The van der Waals surface area contributed by atoms with Crippen LogP contribution in [0.4, 0.5) is 13.2 Å². The van der Waals surface area contributed by atoms with Crippen LogP contribution in [0.15, 0.2) is 42.9 Å². The molecule has 4 aromatic rings. The maximum atomic E-state index is 13.5. The number of hydrogen-bond acceptors (Lipinski definition) is 3. The third kappa shape index (κ3) is 3.51. The lowest BCUT2D eigenvalue weighted by Crippen LogP contribution is -2.15. The Morgan fingerprint density at radius 1 is 1.23 bits per heavy atom. The Labute approximate surface area is 169 Å². The third-order valence-corrected chi connectivity index (χ3v) is 5.12. The van der Waals surface area contributed by atoms with Crippen molar-refractivity contribution in [3.8, 4) is 0 Å². The van der Waals surface area contributed by atoms with E-state index in [1.54, 1.807) is 17.0 Å². The van der Waals surface area contributed by atoms with Crippen molar-refractivity contribution in [3.63, 3.8) is 0 Å². The van der Waals surface area contributed by atoms with Crippen LogP contribution >= 0.6 is 0 Å². The molecule has 0 aliphatic heterocycles. The van der Waals surface area contributed by atoms with Crippen molar-refractivity contribution < 1.29 is 23.1 Å². The highest BCUT2D eigenvalue weighted by Gasteiger charge is 2.33. The van der Waals surface area contributed by atoms with Gasteiger partial charge in [-0.25, -0.2) is 9.78 Å². The number of aromatic amines is 1. The first kappa shape index (κ1) is 19.9. The van der Waals surface area contributed by atoms with Gasteiger partial charge < -0.3 is 9.67 Å². The summed E-state index contributed by atoms with van der Waals surface area (Å²) in [6.07, 6.45) is -1.00. The highest BCUT2D eigenvalue weighted by molar-refractivity contribution is 5.92. The van der Waals surface area contributed by atoms with E-state index in [9.17, 15) is 23.1 Å². The van der Waals surface area contributed by atoms with E-state index in [1.165, 1.54) is 18.3 Å². The minimum atomic E-state index is -4.49. The van der Waals surface area contributed by atoms with E-state index < -0.39 is 23.8 Å². The average Bonchev–Trinajstić information content (AvgIpc) is 3.30. The van der Waals surface area contributed by atoms with Gasteiger partial charge in [-0.15, -0.1) is 0 Å². The van der Waals surface area contributed by atoms with Crippen molar-refractivity contribution in [1.29, 1.82) is 0 Å². The van der Waals surface area contributed by atoms with Gasteiger partial charge in [-0.05, 0) is 42.7 Å². The van der Waals surface area contributed by atoms with Crippen molar-refractivity contribution in [2.24, 2.45) is 5.92 Å². The molecule has 2 heterocycles. The van der Waals surface area contributed by atoms with Crippen LogP contribution < -0.4 is 0 Å². The second-order valence-corrected chi connectivity index (χ2v) is 7.70.